The van der Waals surface area contributed by atoms with Gasteiger partial charge in [-0.3, -0.25) is 4.90 Å². The van der Waals surface area contributed by atoms with Crippen molar-refractivity contribution in [2.45, 2.75) is 38.3 Å². The predicted octanol–water partition coefficient (Wildman–Crippen LogP) is 4.57. The molecule has 1 N–H and O–H groups in total. The normalized spacial score (nSPS) is 20.7. The molecular weight excluding hydrogens is 266 g/mol. The summed E-state index contributed by atoms with van der Waals surface area (Å²) in [6.45, 7) is 1.96. The van der Waals surface area contributed by atoms with E-state index in [0.29, 0.717) is 11.8 Å². The Kier molecular flexibility index (Phi) is 4.38. The number of para-hydroxylation sites is 1. The molecule has 1 fully saturated rings. The van der Waals surface area contributed by atoms with Crippen molar-refractivity contribution in [1.29, 1.82) is 0 Å². The molecule has 20 heavy (non-hydrogen) atoms. The zero-order chi connectivity index (χ0) is 13.8. The van der Waals surface area contributed by atoms with E-state index in [-0.39, 0.29) is 0 Å². The van der Waals surface area contributed by atoms with Gasteiger partial charge in [0.1, 0.15) is 5.75 Å². The van der Waals surface area contributed by atoms with Crippen LogP contribution in [0.3, 0.4) is 0 Å². The van der Waals surface area contributed by atoms with Crippen LogP contribution < -0.4 is 0 Å². The predicted molar refractivity (Wildman–Crippen MR) is 84.0 cm³/mol. The summed E-state index contributed by atoms with van der Waals surface area (Å²) in [5.41, 5.74) is 1.04. The van der Waals surface area contributed by atoms with E-state index >= 15 is 0 Å². The third-order valence-corrected chi connectivity index (χ3v) is 5.07. The van der Waals surface area contributed by atoms with Gasteiger partial charge < -0.3 is 5.11 Å². The number of aromatic hydroxyl groups is 1. The summed E-state index contributed by atoms with van der Waals surface area (Å²) >= 11 is 1.85. The van der Waals surface area contributed by atoms with Crippen LogP contribution in [0.4, 0.5) is 0 Å². The second-order valence-electron chi connectivity index (χ2n) is 5.48. The molecule has 1 aromatic carbocycles. The molecule has 0 bridgehead atoms. The molecule has 0 amide bonds. The van der Waals surface area contributed by atoms with Crippen LogP contribution in [0.15, 0.2) is 41.8 Å². The zero-order valence-corrected chi connectivity index (χ0v) is 12.5. The zero-order valence-electron chi connectivity index (χ0n) is 11.7. The average Bonchev–Trinajstić information content (AvgIpc) is 2.89. The minimum atomic E-state index is 0.418. The molecule has 0 radical (unpaired) electrons. The van der Waals surface area contributed by atoms with Crippen molar-refractivity contribution in [2.24, 2.45) is 0 Å². The molecule has 3 rings (SSSR count). The van der Waals surface area contributed by atoms with E-state index in [1.54, 1.807) is 6.07 Å². The minimum Gasteiger partial charge on any atom is -0.508 e. The van der Waals surface area contributed by atoms with Crippen LogP contribution in [-0.4, -0.2) is 16.6 Å². The molecule has 1 atom stereocenters. The van der Waals surface area contributed by atoms with Crippen LogP contribution in [0.5, 0.6) is 5.75 Å². The molecule has 2 nitrogen and oxygen atoms in total. The smallest absolute Gasteiger partial charge is 0.120 e. The van der Waals surface area contributed by atoms with Crippen LogP contribution >= 0.6 is 11.3 Å². The standard InChI is InChI=1S/C17H21NOS/c19-16-9-4-3-7-14(16)13-18-11-5-1-2-8-15(18)17-10-6-12-20-17/h3-4,6-7,9-10,12,15,19H,1-2,5,8,11,13H2. The van der Waals surface area contributed by atoms with E-state index in [1.807, 2.05) is 29.5 Å². The van der Waals surface area contributed by atoms with Crippen molar-refractivity contribution in [3.05, 3.63) is 52.2 Å². The summed E-state index contributed by atoms with van der Waals surface area (Å²) in [6.07, 6.45) is 5.11. The fraction of sp³-hybridized carbons (Fsp3) is 0.412. The third kappa shape index (κ3) is 3.05. The lowest BCUT2D eigenvalue weighted by atomic mass is 10.1. The molecule has 106 valence electrons. The summed E-state index contributed by atoms with van der Waals surface area (Å²) in [4.78, 5) is 4.00. The van der Waals surface area contributed by atoms with Crippen molar-refractivity contribution >= 4 is 11.3 Å². The molecular formula is C17H21NOS. The second kappa shape index (κ2) is 6.42. The van der Waals surface area contributed by atoms with Gasteiger partial charge in [0.25, 0.3) is 0 Å². The fourth-order valence-corrected chi connectivity index (χ4v) is 3.92. The van der Waals surface area contributed by atoms with Crippen LogP contribution in [0.2, 0.25) is 0 Å². The van der Waals surface area contributed by atoms with E-state index in [0.717, 1.165) is 18.7 Å². The number of benzene rings is 1. The van der Waals surface area contributed by atoms with Gasteiger partial charge in [0.2, 0.25) is 0 Å². The number of thiophene rings is 1. The Morgan fingerprint density at radius 2 is 2.00 bits per heavy atom. The Bertz CT molecular complexity index is 538. The first-order chi connectivity index (χ1) is 9.84. The molecule has 2 heterocycles. The minimum absolute atomic E-state index is 0.418. The molecule has 1 aliphatic heterocycles. The van der Waals surface area contributed by atoms with Crippen LogP contribution in [0, 0.1) is 0 Å². The first-order valence-corrected chi connectivity index (χ1v) is 8.27. The van der Waals surface area contributed by atoms with E-state index in [2.05, 4.69) is 22.4 Å². The van der Waals surface area contributed by atoms with Crippen molar-refractivity contribution < 1.29 is 5.11 Å². The Labute approximate surface area is 124 Å². The van der Waals surface area contributed by atoms with Crippen LogP contribution in [-0.2, 0) is 6.54 Å². The van der Waals surface area contributed by atoms with Gasteiger partial charge in [0, 0.05) is 23.0 Å². The molecule has 3 heteroatoms. The lowest BCUT2D eigenvalue weighted by Crippen LogP contribution is -2.27. The summed E-state index contributed by atoms with van der Waals surface area (Å²) in [5.74, 6) is 0.418. The number of nitrogens with zero attached hydrogens (tertiary/aromatic N) is 1. The lowest BCUT2D eigenvalue weighted by molar-refractivity contribution is 0.193. The van der Waals surface area contributed by atoms with Gasteiger partial charge in [-0.2, -0.15) is 0 Å². The van der Waals surface area contributed by atoms with Crippen molar-refractivity contribution in [2.75, 3.05) is 6.54 Å². The molecule has 1 aliphatic rings. The number of likely N-dealkylation sites (tertiary alicyclic amines) is 1. The molecule has 1 aromatic heterocycles. The molecule has 0 saturated carbocycles. The molecule has 2 aromatic rings. The maximum absolute atomic E-state index is 10.0. The summed E-state index contributed by atoms with van der Waals surface area (Å²) in [6, 6.07) is 12.6. The van der Waals surface area contributed by atoms with Crippen LogP contribution in [0.1, 0.15) is 42.2 Å². The highest BCUT2D eigenvalue weighted by molar-refractivity contribution is 7.10. The number of phenols is 1. The first-order valence-electron chi connectivity index (χ1n) is 7.39. The largest absolute Gasteiger partial charge is 0.508 e. The Morgan fingerprint density at radius 1 is 1.10 bits per heavy atom. The molecule has 0 spiro atoms. The van der Waals surface area contributed by atoms with Gasteiger partial charge in [-0.05, 0) is 36.9 Å². The topological polar surface area (TPSA) is 23.5 Å². The molecule has 1 saturated heterocycles. The quantitative estimate of drug-likeness (QED) is 0.893. The van der Waals surface area contributed by atoms with E-state index in [1.165, 1.54) is 30.6 Å². The second-order valence-corrected chi connectivity index (χ2v) is 6.46. The van der Waals surface area contributed by atoms with Gasteiger partial charge in [-0.15, -0.1) is 11.3 Å². The summed E-state index contributed by atoms with van der Waals surface area (Å²) in [7, 11) is 0. The maximum Gasteiger partial charge on any atom is 0.120 e. The van der Waals surface area contributed by atoms with Gasteiger partial charge in [0.15, 0.2) is 0 Å². The number of rotatable bonds is 3. The fourth-order valence-electron chi connectivity index (χ4n) is 3.02. The van der Waals surface area contributed by atoms with E-state index in [4.69, 9.17) is 0 Å². The Morgan fingerprint density at radius 3 is 2.80 bits per heavy atom. The van der Waals surface area contributed by atoms with Gasteiger partial charge >= 0.3 is 0 Å². The van der Waals surface area contributed by atoms with Gasteiger partial charge in [0.05, 0.1) is 0 Å². The molecule has 0 aliphatic carbocycles. The Balaban J connectivity index is 1.82. The van der Waals surface area contributed by atoms with Gasteiger partial charge in [-0.1, -0.05) is 37.1 Å². The van der Waals surface area contributed by atoms with E-state index < -0.39 is 0 Å². The van der Waals surface area contributed by atoms with Crippen molar-refractivity contribution in [3.63, 3.8) is 0 Å². The Hall–Kier alpha value is -1.32. The van der Waals surface area contributed by atoms with Gasteiger partial charge in [-0.25, -0.2) is 0 Å². The third-order valence-electron chi connectivity index (χ3n) is 4.10. The maximum atomic E-state index is 10.0. The summed E-state index contributed by atoms with van der Waals surface area (Å²) in [5, 5.41) is 12.2. The van der Waals surface area contributed by atoms with E-state index in [9.17, 15) is 5.11 Å². The highest BCUT2D eigenvalue weighted by atomic mass is 32.1. The monoisotopic (exact) mass is 287 g/mol. The lowest BCUT2D eigenvalue weighted by Gasteiger charge is -2.29. The number of hydrogen-bond acceptors (Lipinski definition) is 3. The highest BCUT2D eigenvalue weighted by Crippen LogP contribution is 2.34. The first kappa shape index (κ1) is 13.7. The average molecular weight is 287 g/mol. The van der Waals surface area contributed by atoms with Crippen molar-refractivity contribution in [3.8, 4) is 5.75 Å². The van der Waals surface area contributed by atoms with Crippen molar-refractivity contribution in [1.82, 2.24) is 4.90 Å². The van der Waals surface area contributed by atoms with Crippen LogP contribution in [0.25, 0.3) is 0 Å². The number of hydrogen-bond donors (Lipinski definition) is 1. The SMILES string of the molecule is Oc1ccccc1CN1CCCCCC1c1cccs1. The number of phenolic OH excluding ortho intramolecular Hbond substituents is 1. The highest BCUT2D eigenvalue weighted by Gasteiger charge is 2.23. The summed E-state index contributed by atoms with van der Waals surface area (Å²) < 4.78 is 0. The molecule has 1 unspecified atom stereocenters.